The minimum atomic E-state index is -0.434. The summed E-state index contributed by atoms with van der Waals surface area (Å²) in [4.78, 5) is 23.8. The Balaban J connectivity index is 0.00000151. The lowest BCUT2D eigenvalue weighted by Crippen LogP contribution is -2.08. The Bertz CT molecular complexity index is 816. The van der Waals surface area contributed by atoms with Gasteiger partial charge >= 0.3 is 5.97 Å². The lowest BCUT2D eigenvalue weighted by atomic mass is 10.1. The van der Waals surface area contributed by atoms with Gasteiger partial charge in [-0.05, 0) is 24.6 Å². The van der Waals surface area contributed by atoms with E-state index in [0.29, 0.717) is 28.4 Å². The maximum Gasteiger partial charge on any atom is 0.340 e. The van der Waals surface area contributed by atoms with E-state index >= 15 is 0 Å². The highest BCUT2D eigenvalue weighted by Crippen LogP contribution is 2.24. The summed E-state index contributed by atoms with van der Waals surface area (Å²) in [6.45, 7) is 9.68. The highest BCUT2D eigenvalue weighted by atomic mass is 16.5. The third-order valence-corrected chi connectivity index (χ3v) is 3.47. The number of benzene rings is 1. The number of methoxy groups -OCH3 is 2. The summed E-state index contributed by atoms with van der Waals surface area (Å²) < 4.78 is 10.1. The molecule has 0 aliphatic rings. The van der Waals surface area contributed by atoms with Crippen LogP contribution in [0.3, 0.4) is 0 Å². The van der Waals surface area contributed by atoms with Gasteiger partial charge in [0.2, 0.25) is 5.90 Å². The minimum Gasteiger partial charge on any atom is -0.481 e. The van der Waals surface area contributed by atoms with E-state index in [1.54, 1.807) is 32.4 Å². The van der Waals surface area contributed by atoms with Gasteiger partial charge in [-0.15, -0.1) is 0 Å². The Morgan fingerprint density at radius 1 is 1.28 bits per heavy atom. The molecule has 1 heterocycles. The summed E-state index contributed by atoms with van der Waals surface area (Å²) in [7, 11) is 4.52. The van der Waals surface area contributed by atoms with Crippen LogP contribution in [0.4, 0.5) is 0 Å². The van der Waals surface area contributed by atoms with Crippen molar-refractivity contribution in [3.05, 3.63) is 47.8 Å². The van der Waals surface area contributed by atoms with Gasteiger partial charge in [0, 0.05) is 7.05 Å². The Hall–Kier alpha value is -2.89. The number of nitrogens with one attached hydrogen (secondary N) is 1. The first-order valence-corrected chi connectivity index (χ1v) is 7.99. The SMILES string of the molecule is C=C/C(C)=C(\C(=NC)OC)c1nc2c(C(=O)OC)cccc2[nH]1.CC. The second kappa shape index (κ2) is 9.42. The second-order valence-electron chi connectivity index (χ2n) is 4.77. The lowest BCUT2D eigenvalue weighted by molar-refractivity contribution is 0.0603. The molecule has 2 aromatic rings. The lowest BCUT2D eigenvalue weighted by Gasteiger charge is -2.09. The fourth-order valence-corrected chi connectivity index (χ4v) is 2.29. The van der Waals surface area contributed by atoms with E-state index in [0.717, 1.165) is 11.1 Å². The maximum absolute atomic E-state index is 11.9. The van der Waals surface area contributed by atoms with Crippen LogP contribution in [0.2, 0.25) is 0 Å². The molecule has 6 nitrogen and oxygen atoms in total. The van der Waals surface area contributed by atoms with E-state index in [1.165, 1.54) is 7.11 Å². The molecule has 0 radical (unpaired) electrons. The number of nitrogens with zero attached hydrogens (tertiary/aromatic N) is 2. The van der Waals surface area contributed by atoms with Gasteiger partial charge in [-0.3, -0.25) is 4.99 Å². The number of ether oxygens (including phenoxy) is 2. The van der Waals surface area contributed by atoms with E-state index in [4.69, 9.17) is 9.47 Å². The Morgan fingerprint density at radius 2 is 1.96 bits per heavy atom. The monoisotopic (exact) mass is 343 g/mol. The van der Waals surface area contributed by atoms with E-state index in [-0.39, 0.29) is 0 Å². The quantitative estimate of drug-likeness (QED) is 0.394. The molecule has 0 unspecified atom stereocenters. The summed E-state index contributed by atoms with van der Waals surface area (Å²) in [6, 6.07) is 5.29. The number of allylic oxidation sites excluding steroid dienone is 2. The van der Waals surface area contributed by atoms with Crippen molar-refractivity contribution in [3.63, 3.8) is 0 Å². The first-order valence-electron chi connectivity index (χ1n) is 7.99. The summed E-state index contributed by atoms with van der Waals surface area (Å²) in [5.41, 5.74) is 3.21. The Labute approximate surface area is 148 Å². The number of aromatic amines is 1. The van der Waals surface area contributed by atoms with Gasteiger partial charge in [-0.25, -0.2) is 9.78 Å². The molecule has 0 saturated heterocycles. The second-order valence-corrected chi connectivity index (χ2v) is 4.77. The van der Waals surface area contributed by atoms with Crippen molar-refractivity contribution in [2.24, 2.45) is 4.99 Å². The van der Waals surface area contributed by atoms with Crippen molar-refractivity contribution in [1.29, 1.82) is 0 Å². The predicted octanol–water partition coefficient (Wildman–Crippen LogP) is 4.01. The molecular weight excluding hydrogens is 318 g/mol. The number of carbonyl (C=O) groups is 1. The Morgan fingerprint density at radius 3 is 2.48 bits per heavy atom. The zero-order valence-corrected chi connectivity index (χ0v) is 15.6. The van der Waals surface area contributed by atoms with Crippen LogP contribution in [-0.2, 0) is 9.47 Å². The zero-order valence-electron chi connectivity index (χ0n) is 15.6. The molecular formula is C19H25N3O3. The number of hydrogen-bond donors (Lipinski definition) is 1. The van der Waals surface area contributed by atoms with Crippen LogP contribution < -0.4 is 0 Å². The van der Waals surface area contributed by atoms with Gasteiger partial charge < -0.3 is 14.5 Å². The predicted molar refractivity (Wildman–Crippen MR) is 102 cm³/mol. The number of aromatic nitrogens is 2. The molecule has 0 amide bonds. The van der Waals surface area contributed by atoms with Crippen molar-refractivity contribution in [1.82, 2.24) is 9.97 Å². The highest BCUT2D eigenvalue weighted by molar-refractivity contribution is 6.20. The van der Waals surface area contributed by atoms with Crippen LogP contribution in [0.25, 0.3) is 16.6 Å². The van der Waals surface area contributed by atoms with Crippen LogP contribution in [0.15, 0.2) is 41.4 Å². The van der Waals surface area contributed by atoms with Crippen molar-refractivity contribution in [2.45, 2.75) is 20.8 Å². The maximum atomic E-state index is 11.9. The van der Waals surface area contributed by atoms with Gasteiger partial charge in [0.25, 0.3) is 0 Å². The smallest absolute Gasteiger partial charge is 0.340 e. The molecule has 0 fully saturated rings. The van der Waals surface area contributed by atoms with Crippen LogP contribution >= 0.6 is 0 Å². The van der Waals surface area contributed by atoms with E-state index < -0.39 is 5.97 Å². The Kier molecular flexibility index (Phi) is 7.59. The normalized spacial score (nSPS) is 12.0. The van der Waals surface area contributed by atoms with Gasteiger partial charge in [0.15, 0.2) is 0 Å². The number of carbonyl (C=O) groups excluding carboxylic acids is 1. The van der Waals surface area contributed by atoms with Crippen LogP contribution in [0, 0.1) is 0 Å². The molecule has 1 N–H and O–H groups in total. The number of hydrogen-bond acceptors (Lipinski definition) is 5. The highest BCUT2D eigenvalue weighted by Gasteiger charge is 2.19. The van der Waals surface area contributed by atoms with E-state index in [1.807, 2.05) is 26.8 Å². The molecule has 25 heavy (non-hydrogen) atoms. The molecule has 134 valence electrons. The number of para-hydroxylation sites is 1. The topological polar surface area (TPSA) is 76.6 Å². The largest absolute Gasteiger partial charge is 0.481 e. The van der Waals surface area contributed by atoms with Crippen LogP contribution in [0.5, 0.6) is 0 Å². The summed E-state index contributed by atoms with van der Waals surface area (Å²) in [5, 5.41) is 0. The number of aliphatic imine (C=N–C) groups is 1. The van der Waals surface area contributed by atoms with Gasteiger partial charge in [0.05, 0.1) is 30.9 Å². The average molecular weight is 343 g/mol. The third-order valence-electron chi connectivity index (χ3n) is 3.47. The first-order chi connectivity index (χ1) is 12.1. The number of esters is 1. The van der Waals surface area contributed by atoms with Crippen molar-refractivity contribution in [2.75, 3.05) is 21.3 Å². The van der Waals surface area contributed by atoms with Gasteiger partial charge in [0.1, 0.15) is 11.3 Å². The van der Waals surface area contributed by atoms with E-state index in [2.05, 4.69) is 21.5 Å². The molecule has 0 spiro atoms. The standard InChI is InChI=1S/C17H19N3O3.C2H6/c1-6-10(2)13(16(18-3)22-4)15-19-12-9-7-8-11(14(12)20-15)17(21)23-5;1-2/h6-9H,1H2,2-5H3,(H,19,20);1-2H3/b13-10-,18-16?;. The number of fused-ring (bicyclic) bond motifs is 1. The number of H-pyrrole nitrogens is 1. The van der Waals surface area contributed by atoms with Gasteiger partial charge in [-0.1, -0.05) is 32.6 Å². The fourth-order valence-electron chi connectivity index (χ4n) is 2.29. The third kappa shape index (κ3) is 4.15. The molecule has 0 aliphatic carbocycles. The fraction of sp³-hybridized carbons (Fsp3) is 0.316. The molecule has 0 saturated carbocycles. The molecule has 0 aliphatic heterocycles. The molecule has 1 aromatic heterocycles. The minimum absolute atomic E-state index is 0.399. The molecule has 6 heteroatoms. The van der Waals surface area contributed by atoms with E-state index in [9.17, 15) is 4.79 Å². The summed E-state index contributed by atoms with van der Waals surface area (Å²) in [5.74, 6) is 0.549. The average Bonchev–Trinajstić information content (AvgIpc) is 3.09. The summed E-state index contributed by atoms with van der Waals surface area (Å²) >= 11 is 0. The molecule has 2 rings (SSSR count). The van der Waals surface area contributed by atoms with Crippen LogP contribution in [-0.4, -0.2) is 43.1 Å². The number of rotatable bonds is 4. The zero-order chi connectivity index (χ0) is 19.0. The van der Waals surface area contributed by atoms with Crippen molar-refractivity contribution < 1.29 is 14.3 Å². The van der Waals surface area contributed by atoms with Gasteiger partial charge in [-0.2, -0.15) is 0 Å². The molecule has 1 aromatic carbocycles. The molecule has 0 atom stereocenters. The van der Waals surface area contributed by atoms with Crippen LogP contribution in [0.1, 0.15) is 37.0 Å². The summed E-state index contributed by atoms with van der Waals surface area (Å²) in [6.07, 6.45) is 1.70. The molecule has 0 bridgehead atoms. The number of imidazole rings is 1. The van der Waals surface area contributed by atoms with Crippen molar-refractivity contribution >= 4 is 28.5 Å². The van der Waals surface area contributed by atoms with Crippen molar-refractivity contribution in [3.8, 4) is 0 Å². The first kappa shape index (κ1) is 20.2.